The molecule has 0 atom stereocenters. The topological polar surface area (TPSA) is 71.5 Å². The molecule has 0 bridgehead atoms. The summed E-state index contributed by atoms with van der Waals surface area (Å²) in [7, 11) is 0. The molecule has 1 aromatic carbocycles. The normalized spacial score (nSPS) is 13.3. The third-order valence-corrected chi connectivity index (χ3v) is 6.14. The van der Waals surface area contributed by atoms with E-state index in [2.05, 4.69) is 10.3 Å². The van der Waals surface area contributed by atoms with Crippen molar-refractivity contribution in [3.8, 4) is 5.75 Å². The molecule has 6 nitrogen and oxygen atoms in total. The van der Waals surface area contributed by atoms with E-state index in [4.69, 9.17) is 27.9 Å². The number of nitrogens with one attached hydrogen (secondary N) is 1. The van der Waals surface area contributed by atoms with E-state index in [9.17, 15) is 9.59 Å². The van der Waals surface area contributed by atoms with E-state index in [1.807, 2.05) is 18.7 Å². The summed E-state index contributed by atoms with van der Waals surface area (Å²) < 4.78 is 5.60. The third-order valence-electron chi connectivity index (χ3n) is 4.61. The minimum absolute atomic E-state index is 0.111. The Balaban J connectivity index is 1.44. The summed E-state index contributed by atoms with van der Waals surface area (Å²) in [4.78, 5) is 32.0. The number of aromatic nitrogens is 1. The van der Waals surface area contributed by atoms with E-state index < -0.39 is 0 Å². The Morgan fingerprint density at radius 3 is 2.87 bits per heavy atom. The molecule has 0 unspecified atom stereocenters. The lowest BCUT2D eigenvalue weighted by atomic mass is 10.1. The molecular weight excluding hydrogens is 445 g/mol. The average Bonchev–Trinajstić information content (AvgIpc) is 3.07. The molecule has 30 heavy (non-hydrogen) atoms. The van der Waals surface area contributed by atoms with Crippen molar-refractivity contribution >= 4 is 51.5 Å². The van der Waals surface area contributed by atoms with Gasteiger partial charge in [0.05, 0.1) is 23.9 Å². The molecule has 1 aliphatic rings. The van der Waals surface area contributed by atoms with Crippen molar-refractivity contribution in [2.45, 2.75) is 46.1 Å². The first-order valence-corrected chi connectivity index (χ1v) is 11.5. The number of benzene rings is 1. The van der Waals surface area contributed by atoms with E-state index in [1.54, 1.807) is 18.2 Å². The van der Waals surface area contributed by atoms with Gasteiger partial charge in [-0.25, -0.2) is 4.98 Å². The van der Waals surface area contributed by atoms with Crippen LogP contribution in [0.3, 0.4) is 0 Å². The van der Waals surface area contributed by atoms with Crippen LogP contribution in [0.5, 0.6) is 5.75 Å². The molecule has 162 valence electrons. The van der Waals surface area contributed by atoms with Crippen LogP contribution in [0.15, 0.2) is 18.2 Å². The largest absolute Gasteiger partial charge is 0.492 e. The number of rotatable bonds is 8. The van der Waals surface area contributed by atoms with E-state index in [-0.39, 0.29) is 11.8 Å². The SMILES string of the molecule is CC(C)CC(=O)N1CCc2nc(NC(=O)CCCOc3ccc(Cl)cc3Cl)sc2C1. The van der Waals surface area contributed by atoms with Crippen molar-refractivity contribution in [3.05, 3.63) is 38.8 Å². The Kier molecular flexibility index (Phi) is 7.97. The van der Waals surface area contributed by atoms with Gasteiger partial charge in [-0.15, -0.1) is 0 Å². The Bertz CT molecular complexity index is 917. The fourth-order valence-electron chi connectivity index (χ4n) is 3.13. The second-order valence-electron chi connectivity index (χ2n) is 7.63. The quantitative estimate of drug-likeness (QED) is 0.540. The van der Waals surface area contributed by atoms with Gasteiger partial charge in [-0.1, -0.05) is 48.4 Å². The molecule has 9 heteroatoms. The number of halogens is 2. The number of amides is 2. The molecule has 2 heterocycles. The van der Waals surface area contributed by atoms with E-state index in [1.165, 1.54) is 11.3 Å². The molecule has 0 radical (unpaired) electrons. The van der Waals surface area contributed by atoms with Crippen LogP contribution in [0, 0.1) is 5.92 Å². The van der Waals surface area contributed by atoms with Gasteiger partial charge in [-0.05, 0) is 30.5 Å². The lowest BCUT2D eigenvalue weighted by Crippen LogP contribution is -2.36. The standard InChI is InChI=1S/C21H25Cl2N3O3S/c1-13(2)10-20(28)26-8-7-16-18(12-26)30-21(24-16)25-19(27)4-3-9-29-17-6-5-14(22)11-15(17)23/h5-6,11,13H,3-4,7-10,12H2,1-2H3,(H,24,25,27). The van der Waals surface area contributed by atoms with Gasteiger partial charge >= 0.3 is 0 Å². The summed E-state index contributed by atoms with van der Waals surface area (Å²) in [6.07, 6.45) is 2.14. The zero-order valence-electron chi connectivity index (χ0n) is 17.0. The van der Waals surface area contributed by atoms with Crippen LogP contribution in [0.1, 0.15) is 43.7 Å². The summed E-state index contributed by atoms with van der Waals surface area (Å²) in [5.74, 6) is 0.954. The Hall–Kier alpha value is -1.83. The molecule has 1 N–H and O–H groups in total. The third kappa shape index (κ3) is 6.33. The zero-order valence-corrected chi connectivity index (χ0v) is 19.4. The molecule has 1 aliphatic heterocycles. The molecule has 0 aliphatic carbocycles. The predicted molar refractivity (Wildman–Crippen MR) is 121 cm³/mol. The van der Waals surface area contributed by atoms with Gasteiger partial charge in [0.25, 0.3) is 0 Å². The maximum Gasteiger partial charge on any atom is 0.226 e. The lowest BCUT2D eigenvalue weighted by Gasteiger charge is -2.26. The highest BCUT2D eigenvalue weighted by Gasteiger charge is 2.24. The number of nitrogens with zero attached hydrogens (tertiary/aromatic N) is 2. The number of thiazole rings is 1. The Labute approximate surface area is 190 Å². The summed E-state index contributed by atoms with van der Waals surface area (Å²) in [6.45, 7) is 5.71. The highest BCUT2D eigenvalue weighted by molar-refractivity contribution is 7.15. The van der Waals surface area contributed by atoms with Crippen LogP contribution < -0.4 is 10.1 Å². The first kappa shape index (κ1) is 22.8. The monoisotopic (exact) mass is 469 g/mol. The maximum absolute atomic E-state index is 12.3. The van der Waals surface area contributed by atoms with Crippen LogP contribution in [-0.2, 0) is 22.6 Å². The first-order valence-electron chi connectivity index (χ1n) is 9.96. The van der Waals surface area contributed by atoms with E-state index >= 15 is 0 Å². The highest BCUT2D eigenvalue weighted by Crippen LogP contribution is 2.29. The minimum atomic E-state index is -0.111. The van der Waals surface area contributed by atoms with Gasteiger partial charge in [0, 0.05) is 35.7 Å². The van der Waals surface area contributed by atoms with Crippen molar-refractivity contribution in [1.29, 1.82) is 0 Å². The van der Waals surface area contributed by atoms with Gasteiger partial charge in [0.1, 0.15) is 5.75 Å². The van der Waals surface area contributed by atoms with Crippen molar-refractivity contribution in [1.82, 2.24) is 9.88 Å². The number of carbonyl (C=O) groups excluding carboxylic acids is 2. The number of anilines is 1. The number of fused-ring (bicyclic) bond motifs is 1. The van der Waals surface area contributed by atoms with Gasteiger partial charge in [-0.3, -0.25) is 9.59 Å². The maximum atomic E-state index is 12.3. The first-order chi connectivity index (χ1) is 14.3. The summed E-state index contributed by atoms with van der Waals surface area (Å²) >= 11 is 13.4. The Morgan fingerprint density at radius 2 is 2.13 bits per heavy atom. The van der Waals surface area contributed by atoms with Gasteiger partial charge in [0.2, 0.25) is 11.8 Å². The fraction of sp³-hybridized carbons (Fsp3) is 0.476. The average molecular weight is 470 g/mol. The van der Waals surface area contributed by atoms with Gasteiger partial charge < -0.3 is 15.0 Å². The molecule has 0 saturated carbocycles. The molecule has 0 saturated heterocycles. The van der Waals surface area contributed by atoms with Crippen molar-refractivity contribution in [2.75, 3.05) is 18.5 Å². The summed E-state index contributed by atoms with van der Waals surface area (Å²) in [5, 5.41) is 4.44. The highest BCUT2D eigenvalue weighted by atomic mass is 35.5. The van der Waals surface area contributed by atoms with Gasteiger partial charge in [-0.2, -0.15) is 0 Å². The van der Waals surface area contributed by atoms with Crippen molar-refractivity contribution in [3.63, 3.8) is 0 Å². The predicted octanol–water partition coefficient (Wildman–Crippen LogP) is 5.18. The van der Waals surface area contributed by atoms with Crippen molar-refractivity contribution < 1.29 is 14.3 Å². The summed E-state index contributed by atoms with van der Waals surface area (Å²) in [6, 6.07) is 5.03. The van der Waals surface area contributed by atoms with Crippen LogP contribution in [0.2, 0.25) is 10.0 Å². The summed E-state index contributed by atoms with van der Waals surface area (Å²) in [5.41, 5.74) is 0.976. The van der Waals surface area contributed by atoms with Crippen LogP contribution in [0.4, 0.5) is 5.13 Å². The molecule has 2 aromatic rings. The van der Waals surface area contributed by atoms with E-state index in [0.29, 0.717) is 65.8 Å². The van der Waals surface area contributed by atoms with Gasteiger partial charge in [0.15, 0.2) is 5.13 Å². The molecule has 0 fully saturated rings. The zero-order chi connectivity index (χ0) is 21.7. The number of hydrogen-bond donors (Lipinski definition) is 1. The molecule has 2 amide bonds. The molecule has 0 spiro atoms. The number of ether oxygens (including phenoxy) is 1. The number of carbonyl (C=O) groups is 2. The van der Waals surface area contributed by atoms with Crippen LogP contribution in [-0.4, -0.2) is 34.8 Å². The van der Waals surface area contributed by atoms with Crippen LogP contribution in [0.25, 0.3) is 0 Å². The molecule has 1 aromatic heterocycles. The van der Waals surface area contributed by atoms with Crippen molar-refractivity contribution in [2.24, 2.45) is 5.92 Å². The smallest absolute Gasteiger partial charge is 0.226 e. The molecule has 3 rings (SSSR count). The second-order valence-corrected chi connectivity index (χ2v) is 9.55. The number of hydrogen-bond acceptors (Lipinski definition) is 5. The fourth-order valence-corrected chi connectivity index (χ4v) is 4.63. The van der Waals surface area contributed by atoms with E-state index in [0.717, 1.165) is 17.0 Å². The minimum Gasteiger partial charge on any atom is -0.492 e. The Morgan fingerprint density at radius 1 is 1.33 bits per heavy atom. The molecular formula is C21H25Cl2N3O3S. The second kappa shape index (κ2) is 10.5. The van der Waals surface area contributed by atoms with Crippen LogP contribution >= 0.6 is 34.5 Å². The lowest BCUT2D eigenvalue weighted by molar-refractivity contribution is -0.132.